The quantitative estimate of drug-likeness (QED) is 0.693. The molecule has 1 aromatic rings. The molecule has 1 saturated heterocycles. The zero-order chi connectivity index (χ0) is 17.5. The Bertz CT molecular complexity index is 578. The minimum absolute atomic E-state index is 0.00231. The van der Waals surface area contributed by atoms with Crippen LogP contribution in [0.5, 0.6) is 0 Å². The van der Waals surface area contributed by atoms with Gasteiger partial charge in [0.2, 0.25) is 11.8 Å². The Hall–Kier alpha value is -2.19. The summed E-state index contributed by atoms with van der Waals surface area (Å²) in [6, 6.07) is 1.50. The van der Waals surface area contributed by atoms with E-state index in [1.165, 1.54) is 0 Å². The summed E-state index contributed by atoms with van der Waals surface area (Å²) in [5, 5.41) is 9.27. The number of nitrogens with one attached hydrogen (secondary N) is 2. The van der Waals surface area contributed by atoms with Crippen molar-refractivity contribution in [3.8, 4) is 0 Å². The molecule has 24 heavy (non-hydrogen) atoms. The Morgan fingerprint density at radius 2 is 2.12 bits per heavy atom. The molecular formula is C16H25N5O3. The van der Waals surface area contributed by atoms with Crippen LogP contribution in [0.1, 0.15) is 12.7 Å². The van der Waals surface area contributed by atoms with Crippen LogP contribution in [0.4, 0.5) is 5.82 Å². The third kappa shape index (κ3) is 5.17. The molecule has 1 aliphatic heterocycles. The van der Waals surface area contributed by atoms with E-state index in [0.29, 0.717) is 24.7 Å². The van der Waals surface area contributed by atoms with Gasteiger partial charge in [0.05, 0.1) is 12.6 Å². The largest absolute Gasteiger partial charge is 0.360 e. The number of carbonyl (C=O) groups excluding carboxylic acids is 2. The number of rotatable bonds is 7. The van der Waals surface area contributed by atoms with Crippen LogP contribution in [0, 0.1) is 6.92 Å². The maximum atomic E-state index is 12.0. The lowest BCUT2D eigenvalue weighted by Crippen LogP contribution is -2.54. The van der Waals surface area contributed by atoms with Crippen LogP contribution in [0.15, 0.2) is 23.2 Å². The topological polar surface area (TPSA) is 90.7 Å². The van der Waals surface area contributed by atoms with Gasteiger partial charge >= 0.3 is 0 Å². The maximum Gasteiger partial charge on any atom is 0.239 e. The van der Waals surface area contributed by atoms with Gasteiger partial charge in [-0.3, -0.25) is 19.4 Å². The first-order valence-electron chi connectivity index (χ1n) is 8.07. The van der Waals surface area contributed by atoms with E-state index in [1.54, 1.807) is 19.1 Å². The average molecular weight is 335 g/mol. The third-order valence-corrected chi connectivity index (χ3v) is 4.02. The average Bonchev–Trinajstić information content (AvgIpc) is 2.97. The van der Waals surface area contributed by atoms with Crippen molar-refractivity contribution in [3.05, 3.63) is 24.5 Å². The van der Waals surface area contributed by atoms with Crippen molar-refractivity contribution in [1.82, 2.24) is 20.3 Å². The molecule has 8 heteroatoms. The lowest BCUT2D eigenvalue weighted by Gasteiger charge is -2.37. The zero-order valence-corrected chi connectivity index (χ0v) is 14.2. The van der Waals surface area contributed by atoms with Gasteiger partial charge in [-0.2, -0.15) is 0 Å². The van der Waals surface area contributed by atoms with Gasteiger partial charge in [0.15, 0.2) is 5.82 Å². The van der Waals surface area contributed by atoms with Crippen molar-refractivity contribution in [2.45, 2.75) is 19.9 Å². The van der Waals surface area contributed by atoms with Gasteiger partial charge in [0.25, 0.3) is 0 Å². The molecule has 1 aliphatic rings. The zero-order valence-electron chi connectivity index (χ0n) is 14.2. The molecule has 1 unspecified atom stereocenters. The fourth-order valence-electron chi connectivity index (χ4n) is 2.61. The predicted octanol–water partition coefficient (Wildman–Crippen LogP) is 0.230. The van der Waals surface area contributed by atoms with Crippen LogP contribution in [0.25, 0.3) is 0 Å². The highest BCUT2D eigenvalue weighted by Crippen LogP contribution is 2.09. The predicted molar refractivity (Wildman–Crippen MR) is 90.6 cm³/mol. The van der Waals surface area contributed by atoms with E-state index in [1.807, 2.05) is 6.92 Å². The van der Waals surface area contributed by atoms with Crippen molar-refractivity contribution in [2.75, 3.05) is 44.6 Å². The van der Waals surface area contributed by atoms with E-state index in [-0.39, 0.29) is 17.9 Å². The first-order valence-corrected chi connectivity index (χ1v) is 8.07. The summed E-state index contributed by atoms with van der Waals surface area (Å²) >= 11 is 0. The molecule has 0 aromatic carbocycles. The van der Waals surface area contributed by atoms with Gasteiger partial charge in [-0.05, 0) is 13.8 Å². The molecule has 1 aromatic heterocycles. The Labute approximate surface area is 141 Å². The Kier molecular flexibility index (Phi) is 6.51. The van der Waals surface area contributed by atoms with Crippen LogP contribution < -0.4 is 10.6 Å². The highest BCUT2D eigenvalue weighted by molar-refractivity contribution is 5.91. The molecule has 0 radical (unpaired) electrons. The monoisotopic (exact) mass is 335 g/mol. The number of carbonyl (C=O) groups is 2. The molecule has 1 atom stereocenters. The van der Waals surface area contributed by atoms with Crippen molar-refractivity contribution >= 4 is 17.6 Å². The van der Waals surface area contributed by atoms with E-state index >= 15 is 0 Å². The molecule has 2 N–H and O–H groups in total. The lowest BCUT2D eigenvalue weighted by atomic mass is 10.2. The van der Waals surface area contributed by atoms with E-state index in [2.05, 4.69) is 32.2 Å². The number of amides is 2. The molecule has 2 amide bonds. The summed E-state index contributed by atoms with van der Waals surface area (Å²) in [5.41, 5.74) is 0. The first kappa shape index (κ1) is 18.2. The highest BCUT2D eigenvalue weighted by atomic mass is 16.5. The van der Waals surface area contributed by atoms with E-state index in [9.17, 15) is 9.59 Å². The second-order valence-electron chi connectivity index (χ2n) is 5.89. The van der Waals surface area contributed by atoms with Crippen molar-refractivity contribution in [3.63, 3.8) is 0 Å². The summed E-state index contributed by atoms with van der Waals surface area (Å²) in [6.45, 7) is 11.0. The van der Waals surface area contributed by atoms with Crippen molar-refractivity contribution in [2.24, 2.45) is 0 Å². The Morgan fingerprint density at radius 1 is 1.42 bits per heavy atom. The summed E-state index contributed by atoms with van der Waals surface area (Å²) in [7, 11) is 0. The SMILES string of the molecule is C=CCNC(=O)C(C)N1CCN(CC(=O)Nc2cc(C)on2)CC1. The highest BCUT2D eigenvalue weighted by Gasteiger charge is 2.26. The second kappa shape index (κ2) is 8.60. The van der Waals surface area contributed by atoms with Crippen LogP contribution in [-0.2, 0) is 9.59 Å². The molecule has 0 bridgehead atoms. The van der Waals surface area contributed by atoms with Crippen LogP contribution in [0.3, 0.4) is 0 Å². The number of hydrogen-bond donors (Lipinski definition) is 2. The molecule has 0 saturated carbocycles. The normalized spacial score (nSPS) is 17.2. The van der Waals surface area contributed by atoms with Gasteiger partial charge < -0.3 is 15.2 Å². The molecule has 2 rings (SSSR count). The molecule has 0 spiro atoms. The summed E-state index contributed by atoms with van der Waals surface area (Å²) in [4.78, 5) is 28.2. The maximum absolute atomic E-state index is 12.0. The van der Waals surface area contributed by atoms with E-state index < -0.39 is 0 Å². The number of anilines is 1. The summed E-state index contributed by atoms with van der Waals surface area (Å²) in [6.07, 6.45) is 1.66. The molecular weight excluding hydrogens is 310 g/mol. The van der Waals surface area contributed by atoms with Crippen LogP contribution >= 0.6 is 0 Å². The van der Waals surface area contributed by atoms with Gasteiger partial charge in [-0.1, -0.05) is 11.2 Å². The Morgan fingerprint density at radius 3 is 2.71 bits per heavy atom. The number of nitrogens with zero attached hydrogens (tertiary/aromatic N) is 3. The molecule has 132 valence electrons. The number of hydrogen-bond acceptors (Lipinski definition) is 6. The van der Waals surface area contributed by atoms with Gasteiger partial charge in [-0.25, -0.2) is 0 Å². The number of aromatic nitrogens is 1. The number of piperazine rings is 1. The minimum Gasteiger partial charge on any atom is -0.360 e. The Balaban J connectivity index is 1.73. The standard InChI is InChI=1S/C16H25N5O3/c1-4-5-17-16(23)13(3)21-8-6-20(7-9-21)11-15(22)18-14-10-12(2)24-19-14/h4,10,13H,1,5-9,11H2,2-3H3,(H,17,23)(H,18,19,22). The smallest absolute Gasteiger partial charge is 0.239 e. The van der Waals surface area contributed by atoms with Gasteiger partial charge in [-0.15, -0.1) is 6.58 Å². The molecule has 0 aliphatic carbocycles. The fourth-order valence-corrected chi connectivity index (χ4v) is 2.61. The lowest BCUT2D eigenvalue weighted by molar-refractivity contribution is -0.127. The molecule has 2 heterocycles. The minimum atomic E-state index is -0.181. The second-order valence-corrected chi connectivity index (χ2v) is 5.89. The van der Waals surface area contributed by atoms with Gasteiger partial charge in [0.1, 0.15) is 5.76 Å². The van der Waals surface area contributed by atoms with Crippen molar-refractivity contribution < 1.29 is 14.1 Å². The van der Waals surface area contributed by atoms with E-state index in [4.69, 9.17) is 4.52 Å². The van der Waals surface area contributed by atoms with Gasteiger partial charge in [0, 0.05) is 38.8 Å². The number of aryl methyl sites for hydroxylation is 1. The van der Waals surface area contributed by atoms with Crippen LogP contribution in [0.2, 0.25) is 0 Å². The molecule has 1 fully saturated rings. The third-order valence-electron chi connectivity index (χ3n) is 4.02. The van der Waals surface area contributed by atoms with Crippen LogP contribution in [-0.4, -0.2) is 72.1 Å². The fraction of sp³-hybridized carbons (Fsp3) is 0.562. The van der Waals surface area contributed by atoms with Crippen molar-refractivity contribution in [1.29, 1.82) is 0 Å². The summed E-state index contributed by atoms with van der Waals surface area (Å²) in [5.74, 6) is 0.974. The summed E-state index contributed by atoms with van der Waals surface area (Å²) < 4.78 is 4.92. The van der Waals surface area contributed by atoms with E-state index in [0.717, 1.165) is 26.2 Å². The first-order chi connectivity index (χ1) is 11.5. The molecule has 8 nitrogen and oxygen atoms in total.